The highest BCUT2D eigenvalue weighted by molar-refractivity contribution is 5.95. The molecule has 0 fully saturated rings. The average molecular weight is 271 g/mol. The molecule has 0 unspecified atom stereocenters. The quantitative estimate of drug-likeness (QED) is 0.773. The third kappa shape index (κ3) is 4.17. The molecule has 0 aliphatic heterocycles. The zero-order valence-corrected chi connectivity index (χ0v) is 11.2. The lowest BCUT2D eigenvalue weighted by Gasteiger charge is -2.18. The molecule has 0 heterocycles. The van der Waals surface area contributed by atoms with Crippen LogP contribution in [0.25, 0.3) is 0 Å². The van der Waals surface area contributed by atoms with Crippen molar-refractivity contribution in [1.29, 1.82) is 0 Å². The van der Waals surface area contributed by atoms with E-state index >= 15 is 0 Å². The summed E-state index contributed by atoms with van der Waals surface area (Å²) >= 11 is 0. The van der Waals surface area contributed by atoms with Gasteiger partial charge < -0.3 is 16.0 Å². The molecule has 1 aromatic rings. The van der Waals surface area contributed by atoms with Crippen LogP contribution in [0.4, 0.5) is 14.5 Å². The minimum atomic E-state index is -0.887. The fourth-order valence-corrected chi connectivity index (χ4v) is 1.74. The summed E-state index contributed by atoms with van der Waals surface area (Å²) in [5.41, 5.74) is 4.55. The first-order valence-corrected chi connectivity index (χ1v) is 6.24. The van der Waals surface area contributed by atoms with Crippen molar-refractivity contribution >= 4 is 11.6 Å². The molecule has 4 nitrogen and oxygen atoms in total. The molecular formula is C13H19F2N3O. The second kappa shape index (κ2) is 7.04. The van der Waals surface area contributed by atoms with E-state index in [1.807, 2.05) is 13.8 Å². The molecule has 0 saturated heterocycles. The number of amides is 1. The number of benzene rings is 1. The maximum atomic E-state index is 13.6. The molecule has 1 aromatic carbocycles. The summed E-state index contributed by atoms with van der Waals surface area (Å²) in [6.07, 6.45) is 0. The number of carbonyl (C=O) groups is 1. The van der Waals surface area contributed by atoms with Gasteiger partial charge in [0.1, 0.15) is 5.82 Å². The Hall–Kier alpha value is -1.69. The van der Waals surface area contributed by atoms with Crippen molar-refractivity contribution in [1.82, 2.24) is 10.2 Å². The van der Waals surface area contributed by atoms with Crippen molar-refractivity contribution in [2.75, 3.05) is 31.9 Å². The summed E-state index contributed by atoms with van der Waals surface area (Å²) in [4.78, 5) is 13.8. The van der Waals surface area contributed by atoms with E-state index in [0.29, 0.717) is 13.1 Å². The number of anilines is 1. The fourth-order valence-electron chi connectivity index (χ4n) is 1.74. The van der Waals surface area contributed by atoms with Gasteiger partial charge >= 0.3 is 0 Å². The predicted octanol–water partition coefficient (Wildman–Crippen LogP) is 1.62. The first-order valence-electron chi connectivity index (χ1n) is 6.24. The predicted molar refractivity (Wildman–Crippen MR) is 70.9 cm³/mol. The fraction of sp³-hybridized carbons (Fsp3) is 0.462. The van der Waals surface area contributed by atoms with Gasteiger partial charge in [0.2, 0.25) is 0 Å². The number of halogens is 2. The summed E-state index contributed by atoms with van der Waals surface area (Å²) < 4.78 is 26.7. The number of nitrogen functional groups attached to an aromatic ring is 1. The smallest absolute Gasteiger partial charge is 0.254 e. The number of nitrogens with zero attached hydrogens (tertiary/aromatic N) is 1. The summed E-state index contributed by atoms with van der Waals surface area (Å²) in [6.45, 7) is 6.79. The third-order valence-electron chi connectivity index (χ3n) is 2.92. The normalized spacial score (nSPS) is 10.8. The van der Waals surface area contributed by atoms with Gasteiger partial charge in [0.05, 0.1) is 11.3 Å². The second-order valence-electron chi connectivity index (χ2n) is 4.14. The van der Waals surface area contributed by atoms with Crippen LogP contribution in [0.3, 0.4) is 0 Å². The van der Waals surface area contributed by atoms with Gasteiger partial charge in [0.25, 0.3) is 5.91 Å². The standard InChI is InChI=1S/C13H19F2N3O/c1-3-18(4-2)6-5-17-13(19)10-7-9(14)8-11(16)12(10)15/h7-8H,3-6,16H2,1-2H3,(H,17,19). The van der Waals surface area contributed by atoms with Crippen LogP contribution in [-0.2, 0) is 0 Å². The molecule has 0 aliphatic carbocycles. The highest BCUT2D eigenvalue weighted by Gasteiger charge is 2.15. The number of nitrogens with one attached hydrogen (secondary N) is 1. The molecule has 1 rings (SSSR count). The van der Waals surface area contributed by atoms with Crippen molar-refractivity contribution < 1.29 is 13.6 Å². The first kappa shape index (κ1) is 15.4. The zero-order chi connectivity index (χ0) is 14.4. The molecule has 106 valence electrons. The Morgan fingerprint density at radius 1 is 1.32 bits per heavy atom. The minimum absolute atomic E-state index is 0.364. The van der Waals surface area contributed by atoms with Crippen LogP contribution in [0.2, 0.25) is 0 Å². The van der Waals surface area contributed by atoms with Gasteiger partial charge in [-0.15, -0.1) is 0 Å². The largest absolute Gasteiger partial charge is 0.396 e. The molecule has 0 spiro atoms. The molecule has 0 aromatic heterocycles. The van der Waals surface area contributed by atoms with Crippen molar-refractivity contribution in [3.05, 3.63) is 29.3 Å². The lowest BCUT2D eigenvalue weighted by molar-refractivity contribution is 0.0944. The van der Waals surface area contributed by atoms with Crippen LogP contribution in [0.5, 0.6) is 0 Å². The average Bonchev–Trinajstić information content (AvgIpc) is 2.38. The van der Waals surface area contributed by atoms with Gasteiger partial charge in [-0.1, -0.05) is 13.8 Å². The monoisotopic (exact) mass is 271 g/mol. The SMILES string of the molecule is CCN(CC)CCNC(=O)c1cc(F)cc(N)c1F. The number of hydrogen-bond acceptors (Lipinski definition) is 3. The van der Waals surface area contributed by atoms with Gasteiger partial charge in [0.15, 0.2) is 5.82 Å². The van der Waals surface area contributed by atoms with E-state index < -0.39 is 17.5 Å². The summed E-state index contributed by atoms with van der Waals surface area (Å²) in [7, 11) is 0. The van der Waals surface area contributed by atoms with Crippen LogP contribution in [0.15, 0.2) is 12.1 Å². The van der Waals surface area contributed by atoms with Gasteiger partial charge in [-0.05, 0) is 25.2 Å². The van der Waals surface area contributed by atoms with Crippen molar-refractivity contribution in [2.45, 2.75) is 13.8 Å². The first-order chi connectivity index (χ1) is 8.99. The topological polar surface area (TPSA) is 58.4 Å². The maximum absolute atomic E-state index is 13.6. The van der Waals surface area contributed by atoms with Crippen LogP contribution in [0, 0.1) is 11.6 Å². The van der Waals surface area contributed by atoms with E-state index in [1.165, 1.54) is 0 Å². The Labute approximate surface area is 111 Å². The van der Waals surface area contributed by atoms with Crippen molar-refractivity contribution in [3.63, 3.8) is 0 Å². The van der Waals surface area contributed by atoms with E-state index in [4.69, 9.17) is 5.73 Å². The molecule has 6 heteroatoms. The van der Waals surface area contributed by atoms with Gasteiger partial charge in [-0.3, -0.25) is 4.79 Å². The van der Waals surface area contributed by atoms with E-state index in [0.717, 1.165) is 25.2 Å². The highest BCUT2D eigenvalue weighted by atomic mass is 19.1. The van der Waals surface area contributed by atoms with Crippen LogP contribution in [0.1, 0.15) is 24.2 Å². The molecule has 3 N–H and O–H groups in total. The van der Waals surface area contributed by atoms with Gasteiger partial charge in [-0.2, -0.15) is 0 Å². The van der Waals surface area contributed by atoms with Gasteiger partial charge in [0, 0.05) is 13.1 Å². The number of carbonyl (C=O) groups excluding carboxylic acids is 1. The highest BCUT2D eigenvalue weighted by Crippen LogP contribution is 2.17. The van der Waals surface area contributed by atoms with E-state index in [1.54, 1.807) is 0 Å². The number of likely N-dealkylation sites (N-methyl/N-ethyl adjacent to an activating group) is 1. The van der Waals surface area contributed by atoms with E-state index in [-0.39, 0.29) is 11.3 Å². The maximum Gasteiger partial charge on any atom is 0.254 e. The van der Waals surface area contributed by atoms with E-state index in [9.17, 15) is 13.6 Å². The molecule has 19 heavy (non-hydrogen) atoms. The molecule has 0 bridgehead atoms. The third-order valence-corrected chi connectivity index (χ3v) is 2.92. The van der Waals surface area contributed by atoms with Crippen LogP contribution in [-0.4, -0.2) is 37.0 Å². The Kier molecular flexibility index (Phi) is 5.69. The zero-order valence-electron chi connectivity index (χ0n) is 11.2. The van der Waals surface area contributed by atoms with Gasteiger partial charge in [-0.25, -0.2) is 8.78 Å². The van der Waals surface area contributed by atoms with E-state index in [2.05, 4.69) is 10.2 Å². The summed E-state index contributed by atoms with van der Waals surface area (Å²) in [6, 6.07) is 1.69. The molecule has 0 atom stereocenters. The minimum Gasteiger partial charge on any atom is -0.396 e. The van der Waals surface area contributed by atoms with Crippen molar-refractivity contribution in [2.24, 2.45) is 0 Å². The van der Waals surface area contributed by atoms with Crippen molar-refractivity contribution in [3.8, 4) is 0 Å². The summed E-state index contributed by atoms with van der Waals surface area (Å²) in [5, 5.41) is 2.55. The van der Waals surface area contributed by atoms with Crippen LogP contribution >= 0.6 is 0 Å². The Balaban J connectivity index is 2.64. The molecular weight excluding hydrogens is 252 g/mol. The number of nitrogens with two attached hydrogens (primary N) is 1. The lowest BCUT2D eigenvalue weighted by Crippen LogP contribution is -2.35. The molecule has 1 amide bonds. The number of rotatable bonds is 6. The van der Waals surface area contributed by atoms with Crippen LogP contribution < -0.4 is 11.1 Å². The Bertz CT molecular complexity index is 448. The number of hydrogen-bond donors (Lipinski definition) is 2. The molecule has 0 saturated carbocycles. The Morgan fingerprint density at radius 2 is 1.95 bits per heavy atom. The second-order valence-corrected chi connectivity index (χ2v) is 4.14. The lowest BCUT2D eigenvalue weighted by atomic mass is 10.1. The Morgan fingerprint density at radius 3 is 2.53 bits per heavy atom. The molecule has 0 radical (unpaired) electrons. The molecule has 0 aliphatic rings. The summed E-state index contributed by atoms with van der Waals surface area (Å²) in [5.74, 6) is -2.27.